The number of nitrogens with zero attached hydrogens (tertiary/aromatic N) is 3. The summed E-state index contributed by atoms with van der Waals surface area (Å²) in [6, 6.07) is 11.5. The van der Waals surface area contributed by atoms with Crippen molar-refractivity contribution in [3.8, 4) is 5.75 Å². The molecule has 2 aliphatic heterocycles. The standard InChI is InChI=1S/C37H45ClN4O5S/c1-24-7-5-16-37(46-4,35-39-17-18-41(35)3)31-12-9-28(31)21-42-22-36(15-6-8-26-19-29(38)11-13-30(26)36)23-47-33-14-10-27(20-32(33)42)34(43)40-48(44,45)25(24)2/h5,10-11,13-14,16-20,24-25,28,31H,6-9,12,15,21-23H2,1-4H3,(H,40,43)/b16-5-/t24-,25+,28-,31+,36-,37+/m0/s1. The van der Waals surface area contributed by atoms with Gasteiger partial charge in [-0.3, -0.25) is 4.79 Å². The lowest BCUT2D eigenvalue weighted by molar-refractivity contribution is -0.0874. The van der Waals surface area contributed by atoms with Crippen LogP contribution < -0.4 is 14.4 Å². The number of hydrogen-bond donors (Lipinski definition) is 1. The van der Waals surface area contributed by atoms with Gasteiger partial charge in [0.1, 0.15) is 17.2 Å². The zero-order valence-electron chi connectivity index (χ0n) is 28.1. The molecule has 1 spiro atoms. The summed E-state index contributed by atoms with van der Waals surface area (Å²) in [6.07, 6.45) is 13.3. The first kappa shape index (κ1) is 33.2. The molecule has 0 radical (unpaired) electrons. The van der Waals surface area contributed by atoms with E-state index in [2.05, 4.69) is 27.8 Å². The second-order valence-electron chi connectivity index (χ2n) is 14.4. The first-order valence-electron chi connectivity index (χ1n) is 17.0. The monoisotopic (exact) mass is 692 g/mol. The van der Waals surface area contributed by atoms with Crippen LogP contribution >= 0.6 is 11.6 Å². The second-order valence-corrected chi connectivity index (χ2v) is 16.9. The summed E-state index contributed by atoms with van der Waals surface area (Å²) in [5, 5.41) is -0.0699. The van der Waals surface area contributed by atoms with Gasteiger partial charge in [-0.15, -0.1) is 0 Å². The van der Waals surface area contributed by atoms with Crippen molar-refractivity contribution in [1.29, 1.82) is 0 Å². The number of imidazole rings is 1. The number of benzene rings is 2. The smallest absolute Gasteiger partial charge is 0.264 e. The van der Waals surface area contributed by atoms with Gasteiger partial charge in [-0.1, -0.05) is 30.7 Å². The summed E-state index contributed by atoms with van der Waals surface area (Å²) < 4.78 is 44.5. The van der Waals surface area contributed by atoms with E-state index in [4.69, 9.17) is 26.1 Å². The SMILES string of the molecule is CO[C@]1(c2nccn2C)/C=C\C[C@H](C)[C@@H](C)S(=O)(=O)NC(=O)c2ccc3c(c2)N(C[C@@H]2CC[C@H]21)C[C@@]1(CCCc2cc(Cl)ccc21)CO3. The molecule has 48 heavy (non-hydrogen) atoms. The van der Waals surface area contributed by atoms with Gasteiger partial charge in [0.15, 0.2) is 0 Å². The normalized spacial score (nSPS) is 32.2. The van der Waals surface area contributed by atoms with Crippen molar-refractivity contribution < 1.29 is 22.7 Å². The Morgan fingerprint density at radius 3 is 2.71 bits per heavy atom. The molecule has 2 aliphatic carbocycles. The van der Waals surface area contributed by atoms with Crippen molar-refractivity contribution in [2.24, 2.45) is 24.8 Å². The number of nitrogens with one attached hydrogen (secondary N) is 1. The molecule has 1 fully saturated rings. The summed E-state index contributed by atoms with van der Waals surface area (Å²) in [5.41, 5.74) is 2.52. The van der Waals surface area contributed by atoms with Crippen LogP contribution in [0.5, 0.6) is 5.75 Å². The fraction of sp³-hybridized carbons (Fsp3) is 0.514. The van der Waals surface area contributed by atoms with Crippen LogP contribution in [0.25, 0.3) is 0 Å². The van der Waals surface area contributed by atoms with Crippen LogP contribution in [0, 0.1) is 17.8 Å². The van der Waals surface area contributed by atoms with Crippen LogP contribution in [0.2, 0.25) is 5.02 Å². The number of rotatable bonds is 2. The quantitative estimate of drug-likeness (QED) is 0.321. The van der Waals surface area contributed by atoms with Crippen molar-refractivity contribution in [3.05, 3.63) is 88.5 Å². The highest BCUT2D eigenvalue weighted by Gasteiger charge is 2.51. The third-order valence-electron chi connectivity index (χ3n) is 11.6. The lowest BCUT2D eigenvalue weighted by Gasteiger charge is -2.50. The molecule has 11 heteroatoms. The Labute approximate surface area is 288 Å². The molecule has 2 bridgehead atoms. The average Bonchev–Trinajstić information content (AvgIpc) is 3.42. The first-order chi connectivity index (χ1) is 23.0. The number of methoxy groups -OCH3 is 1. The van der Waals surface area contributed by atoms with E-state index in [-0.39, 0.29) is 28.7 Å². The van der Waals surface area contributed by atoms with E-state index < -0.39 is 26.8 Å². The highest BCUT2D eigenvalue weighted by Crippen LogP contribution is 2.51. The van der Waals surface area contributed by atoms with Crippen molar-refractivity contribution in [2.45, 2.75) is 68.6 Å². The van der Waals surface area contributed by atoms with Crippen LogP contribution in [0.15, 0.2) is 60.9 Å². The number of fused-ring (bicyclic) bond motifs is 4. The van der Waals surface area contributed by atoms with Gasteiger partial charge in [0.2, 0.25) is 10.0 Å². The van der Waals surface area contributed by atoms with Crippen LogP contribution in [0.3, 0.4) is 0 Å². The number of anilines is 1. The summed E-state index contributed by atoms with van der Waals surface area (Å²) in [6.45, 7) is 5.45. The molecule has 6 atom stereocenters. The summed E-state index contributed by atoms with van der Waals surface area (Å²) in [4.78, 5) is 20.7. The Morgan fingerprint density at radius 1 is 1.15 bits per heavy atom. The largest absolute Gasteiger partial charge is 0.490 e. The number of halogens is 1. The molecule has 256 valence electrons. The van der Waals surface area contributed by atoms with Crippen LogP contribution in [-0.2, 0) is 39.2 Å². The van der Waals surface area contributed by atoms with E-state index >= 15 is 0 Å². The number of aromatic nitrogens is 2. The number of carbonyl (C=O) groups is 1. The molecule has 2 aromatic carbocycles. The number of amides is 1. The molecule has 4 aliphatic rings. The first-order valence-corrected chi connectivity index (χ1v) is 19.0. The topological polar surface area (TPSA) is 103 Å². The summed E-state index contributed by atoms with van der Waals surface area (Å²) in [5.74, 6) is 1.00. The minimum Gasteiger partial charge on any atom is -0.490 e. The zero-order valence-corrected chi connectivity index (χ0v) is 29.7. The van der Waals surface area contributed by atoms with Gasteiger partial charge in [-0.05, 0) is 105 Å². The number of carbonyl (C=O) groups excluding carboxylic acids is 1. The van der Waals surface area contributed by atoms with Crippen LogP contribution in [0.1, 0.15) is 73.3 Å². The molecule has 1 aromatic heterocycles. The molecule has 0 saturated heterocycles. The predicted octanol–water partition coefficient (Wildman–Crippen LogP) is 6.16. The van der Waals surface area contributed by atoms with Crippen LogP contribution in [-0.4, -0.2) is 55.9 Å². The fourth-order valence-electron chi connectivity index (χ4n) is 8.54. The minimum atomic E-state index is -3.97. The molecule has 7 rings (SSSR count). The number of ether oxygens (including phenoxy) is 2. The Hall–Kier alpha value is -3.34. The maximum absolute atomic E-state index is 13.6. The zero-order chi connectivity index (χ0) is 33.8. The molecule has 1 amide bonds. The van der Waals surface area contributed by atoms with Crippen LogP contribution in [0.4, 0.5) is 5.69 Å². The minimum absolute atomic E-state index is 0.122. The average molecular weight is 693 g/mol. The van der Waals surface area contributed by atoms with E-state index in [9.17, 15) is 13.2 Å². The molecular formula is C37H45ClN4O5S. The Kier molecular flexibility index (Phi) is 8.65. The van der Waals surface area contributed by atoms with Gasteiger partial charge in [0.25, 0.3) is 5.91 Å². The van der Waals surface area contributed by atoms with Crippen molar-refractivity contribution in [1.82, 2.24) is 14.3 Å². The Bertz CT molecular complexity index is 1860. The van der Waals surface area contributed by atoms with Gasteiger partial charge < -0.3 is 18.9 Å². The van der Waals surface area contributed by atoms with Gasteiger partial charge in [0, 0.05) is 61.6 Å². The Balaban J connectivity index is 1.36. The lowest BCUT2D eigenvalue weighted by Crippen LogP contribution is -2.52. The number of sulfonamides is 1. The van der Waals surface area contributed by atoms with Gasteiger partial charge >= 0.3 is 0 Å². The molecule has 9 nitrogen and oxygen atoms in total. The fourth-order valence-corrected chi connectivity index (χ4v) is 10.0. The summed E-state index contributed by atoms with van der Waals surface area (Å²) in [7, 11) is -0.227. The molecule has 0 unspecified atom stereocenters. The lowest BCUT2D eigenvalue weighted by atomic mass is 9.63. The molecule has 1 N–H and O–H groups in total. The molecule has 3 heterocycles. The number of aryl methyl sites for hydroxylation is 2. The Morgan fingerprint density at radius 2 is 1.98 bits per heavy atom. The van der Waals surface area contributed by atoms with Crippen molar-refractivity contribution in [2.75, 3.05) is 31.7 Å². The highest BCUT2D eigenvalue weighted by molar-refractivity contribution is 7.90. The third-order valence-corrected chi connectivity index (χ3v) is 13.8. The molecule has 3 aromatic rings. The van der Waals surface area contributed by atoms with Gasteiger partial charge in [-0.2, -0.15) is 0 Å². The highest BCUT2D eigenvalue weighted by atomic mass is 35.5. The van der Waals surface area contributed by atoms with Gasteiger partial charge in [0.05, 0.1) is 17.5 Å². The van der Waals surface area contributed by atoms with Crippen molar-refractivity contribution in [3.63, 3.8) is 0 Å². The third kappa shape index (κ3) is 5.63. The summed E-state index contributed by atoms with van der Waals surface area (Å²) >= 11 is 6.46. The second kappa shape index (κ2) is 12.5. The van der Waals surface area contributed by atoms with E-state index in [1.165, 1.54) is 11.1 Å². The molecular weight excluding hydrogens is 648 g/mol. The van der Waals surface area contributed by atoms with E-state index in [0.717, 1.165) is 48.6 Å². The number of allylic oxidation sites excluding steroid dienone is 1. The maximum Gasteiger partial charge on any atom is 0.264 e. The number of hydrogen-bond acceptors (Lipinski definition) is 7. The van der Waals surface area contributed by atoms with Crippen molar-refractivity contribution >= 4 is 33.2 Å². The maximum atomic E-state index is 13.6. The predicted molar refractivity (Wildman–Crippen MR) is 187 cm³/mol. The van der Waals surface area contributed by atoms with Gasteiger partial charge in [-0.25, -0.2) is 18.1 Å². The van der Waals surface area contributed by atoms with E-state index in [1.807, 2.05) is 42.9 Å². The van der Waals surface area contributed by atoms with E-state index in [0.29, 0.717) is 31.9 Å². The molecule has 1 saturated carbocycles. The van der Waals surface area contributed by atoms with E-state index in [1.54, 1.807) is 32.4 Å².